The van der Waals surface area contributed by atoms with Crippen molar-refractivity contribution in [1.29, 1.82) is 0 Å². The Morgan fingerprint density at radius 2 is 2.10 bits per heavy atom. The molecule has 0 bridgehead atoms. The molecular weight excluding hydrogens is 270 g/mol. The van der Waals surface area contributed by atoms with Crippen LogP contribution in [0, 0.1) is 0 Å². The number of hydrogen-bond donors (Lipinski definition) is 2. The molecule has 1 aromatic heterocycles. The van der Waals surface area contributed by atoms with Gasteiger partial charge in [-0.15, -0.1) is 0 Å². The van der Waals surface area contributed by atoms with Crippen molar-refractivity contribution in [3.63, 3.8) is 0 Å². The Balaban J connectivity index is 2.27. The lowest BCUT2D eigenvalue weighted by atomic mass is 10.1. The number of hydrogen-bond acceptors (Lipinski definition) is 5. The molecule has 0 unspecified atom stereocenters. The third kappa shape index (κ3) is 3.29. The average Bonchev–Trinajstić information content (AvgIpc) is 2.55. The van der Waals surface area contributed by atoms with Crippen molar-refractivity contribution in [2.45, 2.75) is 6.54 Å². The number of methoxy groups -OCH3 is 2. The van der Waals surface area contributed by atoms with Crippen LogP contribution in [-0.2, 0) is 6.54 Å². The third-order valence-electron chi connectivity index (χ3n) is 2.96. The second-order valence-electron chi connectivity index (χ2n) is 4.25. The first kappa shape index (κ1) is 14.8. The summed E-state index contributed by atoms with van der Waals surface area (Å²) < 4.78 is 10.3. The van der Waals surface area contributed by atoms with Crippen molar-refractivity contribution in [2.75, 3.05) is 19.5 Å². The second-order valence-corrected chi connectivity index (χ2v) is 4.25. The van der Waals surface area contributed by atoms with Gasteiger partial charge in [-0.05, 0) is 29.8 Å². The molecule has 0 aliphatic carbocycles. The lowest BCUT2D eigenvalue weighted by Gasteiger charge is -2.12. The molecule has 2 rings (SSSR count). The maximum atomic E-state index is 12.3. The molecule has 1 aromatic carbocycles. The van der Waals surface area contributed by atoms with Crippen LogP contribution in [0.25, 0.3) is 0 Å². The molecule has 0 spiro atoms. The van der Waals surface area contributed by atoms with Crippen molar-refractivity contribution in [3.05, 3.63) is 47.7 Å². The third-order valence-corrected chi connectivity index (χ3v) is 2.96. The van der Waals surface area contributed by atoms with Gasteiger partial charge in [0.25, 0.3) is 5.91 Å². The molecule has 0 aliphatic rings. The number of amides is 1. The first-order valence-electron chi connectivity index (χ1n) is 6.37. The molecule has 0 saturated heterocycles. The van der Waals surface area contributed by atoms with Crippen molar-refractivity contribution in [1.82, 2.24) is 4.98 Å². The van der Waals surface area contributed by atoms with E-state index in [-0.39, 0.29) is 11.8 Å². The number of carbonyl (C=O) groups excluding carboxylic acids is 1. The minimum absolute atomic E-state index is 0.271. The highest BCUT2D eigenvalue weighted by Gasteiger charge is 2.15. The van der Waals surface area contributed by atoms with Gasteiger partial charge in [-0.2, -0.15) is 0 Å². The van der Waals surface area contributed by atoms with Crippen LogP contribution >= 0.6 is 0 Å². The van der Waals surface area contributed by atoms with E-state index in [1.54, 1.807) is 30.5 Å². The van der Waals surface area contributed by atoms with Gasteiger partial charge in [0, 0.05) is 12.7 Å². The quantitative estimate of drug-likeness (QED) is 0.875. The van der Waals surface area contributed by atoms with Gasteiger partial charge in [0.05, 0.1) is 19.9 Å². The number of rotatable bonds is 5. The zero-order chi connectivity index (χ0) is 15.2. The zero-order valence-electron chi connectivity index (χ0n) is 11.9. The van der Waals surface area contributed by atoms with E-state index in [0.717, 1.165) is 5.56 Å². The minimum Gasteiger partial charge on any atom is -0.495 e. The van der Waals surface area contributed by atoms with Crippen molar-refractivity contribution >= 4 is 11.6 Å². The van der Waals surface area contributed by atoms with Crippen LogP contribution in [0.4, 0.5) is 5.69 Å². The molecule has 2 aromatic rings. The number of carbonyl (C=O) groups is 1. The Labute approximate surface area is 122 Å². The number of anilines is 1. The molecule has 0 aliphatic heterocycles. The topological polar surface area (TPSA) is 86.5 Å². The van der Waals surface area contributed by atoms with Gasteiger partial charge < -0.3 is 20.5 Å². The van der Waals surface area contributed by atoms with E-state index in [4.69, 9.17) is 15.2 Å². The molecule has 0 saturated carbocycles. The summed E-state index contributed by atoms with van der Waals surface area (Å²) in [4.78, 5) is 16.3. The number of nitrogens with two attached hydrogens (primary N) is 1. The number of ether oxygens (including phenoxy) is 2. The molecule has 3 N–H and O–H groups in total. The molecular formula is C15H17N3O3. The Kier molecular flexibility index (Phi) is 4.73. The van der Waals surface area contributed by atoms with Crippen molar-refractivity contribution in [3.8, 4) is 11.6 Å². The van der Waals surface area contributed by atoms with Crippen LogP contribution in [-0.4, -0.2) is 25.1 Å². The number of nitrogens with one attached hydrogen (secondary N) is 1. The maximum absolute atomic E-state index is 12.3. The van der Waals surface area contributed by atoms with Crippen LogP contribution in [0.5, 0.6) is 11.6 Å². The van der Waals surface area contributed by atoms with E-state index in [9.17, 15) is 4.79 Å². The highest BCUT2D eigenvalue weighted by atomic mass is 16.5. The van der Waals surface area contributed by atoms with E-state index in [0.29, 0.717) is 23.5 Å². The van der Waals surface area contributed by atoms with Crippen LogP contribution in [0.2, 0.25) is 0 Å². The Bertz CT molecular complexity index is 644. The summed E-state index contributed by atoms with van der Waals surface area (Å²) in [6, 6.07) is 8.69. The first-order valence-corrected chi connectivity index (χ1v) is 6.37. The Hall–Kier alpha value is -2.60. The second kappa shape index (κ2) is 6.71. The standard InChI is InChI=1S/C15H17N3O3/c1-20-13-8-10(9-16)5-6-12(13)18-14(19)11-4-3-7-17-15(11)21-2/h3-8H,9,16H2,1-2H3,(H,18,19). The van der Waals surface area contributed by atoms with Gasteiger partial charge >= 0.3 is 0 Å². The number of aromatic nitrogens is 1. The fourth-order valence-corrected chi connectivity index (χ4v) is 1.88. The highest BCUT2D eigenvalue weighted by Crippen LogP contribution is 2.26. The molecule has 0 fully saturated rings. The van der Waals surface area contributed by atoms with Crippen LogP contribution in [0.1, 0.15) is 15.9 Å². The molecule has 6 nitrogen and oxygen atoms in total. The largest absolute Gasteiger partial charge is 0.495 e. The molecule has 1 amide bonds. The van der Waals surface area contributed by atoms with Gasteiger partial charge in [0.2, 0.25) is 5.88 Å². The van der Waals surface area contributed by atoms with Crippen LogP contribution < -0.4 is 20.5 Å². The van der Waals surface area contributed by atoms with E-state index in [2.05, 4.69) is 10.3 Å². The summed E-state index contributed by atoms with van der Waals surface area (Å²) in [5, 5.41) is 2.78. The van der Waals surface area contributed by atoms with E-state index in [1.807, 2.05) is 6.07 Å². The lowest BCUT2D eigenvalue weighted by Crippen LogP contribution is -2.14. The van der Waals surface area contributed by atoms with Crippen molar-refractivity contribution < 1.29 is 14.3 Å². The summed E-state index contributed by atoms with van der Waals surface area (Å²) >= 11 is 0. The molecule has 0 atom stereocenters. The van der Waals surface area contributed by atoms with Crippen LogP contribution in [0.3, 0.4) is 0 Å². The van der Waals surface area contributed by atoms with Crippen molar-refractivity contribution in [2.24, 2.45) is 5.73 Å². The summed E-state index contributed by atoms with van der Waals surface area (Å²) in [5.74, 6) is 0.500. The molecule has 6 heteroatoms. The number of pyridine rings is 1. The summed E-state index contributed by atoms with van der Waals surface area (Å²) in [7, 11) is 3.01. The fraction of sp³-hybridized carbons (Fsp3) is 0.200. The predicted molar refractivity (Wildman–Crippen MR) is 79.6 cm³/mol. The zero-order valence-corrected chi connectivity index (χ0v) is 11.9. The monoisotopic (exact) mass is 287 g/mol. The maximum Gasteiger partial charge on any atom is 0.261 e. The van der Waals surface area contributed by atoms with Crippen LogP contribution in [0.15, 0.2) is 36.5 Å². The number of nitrogens with zero attached hydrogens (tertiary/aromatic N) is 1. The minimum atomic E-state index is -0.321. The van der Waals surface area contributed by atoms with E-state index in [1.165, 1.54) is 14.2 Å². The average molecular weight is 287 g/mol. The molecule has 0 radical (unpaired) electrons. The van der Waals surface area contributed by atoms with Gasteiger partial charge in [-0.3, -0.25) is 4.79 Å². The van der Waals surface area contributed by atoms with E-state index >= 15 is 0 Å². The molecule has 110 valence electrons. The highest BCUT2D eigenvalue weighted by molar-refractivity contribution is 6.06. The van der Waals surface area contributed by atoms with E-state index < -0.39 is 0 Å². The molecule has 21 heavy (non-hydrogen) atoms. The van der Waals surface area contributed by atoms with Gasteiger partial charge in [0.1, 0.15) is 11.3 Å². The lowest BCUT2D eigenvalue weighted by molar-refractivity contribution is 0.102. The van der Waals surface area contributed by atoms with Gasteiger partial charge in [-0.25, -0.2) is 4.98 Å². The van der Waals surface area contributed by atoms with Gasteiger partial charge in [-0.1, -0.05) is 6.07 Å². The SMILES string of the molecule is COc1cc(CN)ccc1NC(=O)c1cccnc1OC. The number of benzene rings is 1. The Morgan fingerprint density at radius 1 is 1.29 bits per heavy atom. The summed E-state index contributed by atoms with van der Waals surface area (Å²) in [5.41, 5.74) is 7.42. The smallest absolute Gasteiger partial charge is 0.261 e. The predicted octanol–water partition coefficient (Wildman–Crippen LogP) is 1.81. The first-order chi connectivity index (χ1) is 10.2. The Morgan fingerprint density at radius 3 is 2.76 bits per heavy atom. The molecule has 1 heterocycles. The summed E-state index contributed by atoms with van der Waals surface area (Å²) in [6.45, 7) is 0.404. The summed E-state index contributed by atoms with van der Waals surface area (Å²) in [6.07, 6.45) is 1.56. The normalized spacial score (nSPS) is 10.0. The van der Waals surface area contributed by atoms with Gasteiger partial charge in [0.15, 0.2) is 0 Å². The fourth-order valence-electron chi connectivity index (χ4n) is 1.88.